The number of benzene rings is 2. The SMILES string of the molecule is COc1ccccc1Nc1nnc(-c2cc3ccc(O)cc3oc2=O)s1. The van der Waals surface area contributed by atoms with Crippen molar-refractivity contribution in [2.24, 2.45) is 0 Å². The normalized spacial score (nSPS) is 10.8. The highest BCUT2D eigenvalue weighted by atomic mass is 32.1. The van der Waals surface area contributed by atoms with Gasteiger partial charge in [0.15, 0.2) is 5.01 Å². The quantitative estimate of drug-likeness (QED) is 0.530. The molecule has 130 valence electrons. The van der Waals surface area contributed by atoms with E-state index in [4.69, 9.17) is 9.15 Å². The Hall–Kier alpha value is -3.39. The van der Waals surface area contributed by atoms with Gasteiger partial charge in [-0.3, -0.25) is 0 Å². The van der Waals surface area contributed by atoms with Gasteiger partial charge < -0.3 is 19.6 Å². The van der Waals surface area contributed by atoms with Crippen LogP contribution in [0.25, 0.3) is 21.5 Å². The summed E-state index contributed by atoms with van der Waals surface area (Å²) in [7, 11) is 1.59. The van der Waals surface area contributed by atoms with E-state index >= 15 is 0 Å². The number of aromatic hydroxyl groups is 1. The summed E-state index contributed by atoms with van der Waals surface area (Å²) in [6, 6.07) is 13.7. The fourth-order valence-corrected chi connectivity index (χ4v) is 3.25. The Morgan fingerprint density at radius 2 is 2.00 bits per heavy atom. The predicted molar refractivity (Wildman–Crippen MR) is 99.3 cm³/mol. The van der Waals surface area contributed by atoms with Gasteiger partial charge >= 0.3 is 5.63 Å². The van der Waals surface area contributed by atoms with E-state index in [1.807, 2.05) is 24.3 Å². The zero-order chi connectivity index (χ0) is 18.1. The van der Waals surface area contributed by atoms with Gasteiger partial charge in [0.05, 0.1) is 18.4 Å². The van der Waals surface area contributed by atoms with E-state index in [2.05, 4.69) is 15.5 Å². The first-order valence-corrected chi connectivity index (χ1v) is 8.46. The molecule has 26 heavy (non-hydrogen) atoms. The average Bonchev–Trinajstić information content (AvgIpc) is 3.09. The second kappa shape index (κ2) is 6.49. The minimum absolute atomic E-state index is 0.0348. The van der Waals surface area contributed by atoms with E-state index in [-0.39, 0.29) is 5.75 Å². The van der Waals surface area contributed by atoms with Crippen LogP contribution in [0.3, 0.4) is 0 Å². The maximum atomic E-state index is 12.3. The number of phenols is 1. The summed E-state index contributed by atoms with van der Waals surface area (Å²) < 4.78 is 10.6. The predicted octanol–water partition coefficient (Wildman–Crippen LogP) is 3.77. The van der Waals surface area contributed by atoms with E-state index < -0.39 is 5.63 Å². The van der Waals surface area contributed by atoms with Crippen molar-refractivity contribution < 1.29 is 14.3 Å². The highest BCUT2D eigenvalue weighted by Crippen LogP contribution is 2.32. The molecule has 2 N–H and O–H groups in total. The molecule has 0 bridgehead atoms. The molecule has 0 saturated heterocycles. The molecule has 4 aromatic rings. The summed E-state index contributed by atoms with van der Waals surface area (Å²) in [4.78, 5) is 12.3. The summed E-state index contributed by atoms with van der Waals surface area (Å²) in [5.74, 6) is 0.710. The third-order valence-electron chi connectivity index (χ3n) is 3.72. The van der Waals surface area contributed by atoms with E-state index in [9.17, 15) is 9.90 Å². The van der Waals surface area contributed by atoms with Gasteiger partial charge in [-0.2, -0.15) is 0 Å². The fourth-order valence-electron chi connectivity index (χ4n) is 2.49. The Labute approximate surface area is 151 Å². The van der Waals surface area contributed by atoms with Crippen LogP contribution in [-0.2, 0) is 0 Å². The lowest BCUT2D eigenvalue weighted by Gasteiger charge is -2.07. The lowest BCUT2D eigenvalue weighted by molar-refractivity contribution is 0.417. The summed E-state index contributed by atoms with van der Waals surface area (Å²) in [5.41, 5.74) is 0.839. The second-order valence-electron chi connectivity index (χ2n) is 5.41. The number of nitrogens with zero attached hydrogens (tertiary/aromatic N) is 2. The van der Waals surface area contributed by atoms with Gasteiger partial charge in [0.25, 0.3) is 0 Å². The number of rotatable bonds is 4. The number of phenolic OH excluding ortho intramolecular Hbond substituents is 1. The minimum Gasteiger partial charge on any atom is -0.508 e. The van der Waals surface area contributed by atoms with Crippen LogP contribution in [-0.4, -0.2) is 22.4 Å². The van der Waals surface area contributed by atoms with Crippen LogP contribution in [0.15, 0.2) is 57.7 Å². The molecule has 7 nitrogen and oxygen atoms in total. The first-order chi connectivity index (χ1) is 12.6. The van der Waals surface area contributed by atoms with Crippen molar-refractivity contribution in [3.8, 4) is 22.1 Å². The van der Waals surface area contributed by atoms with Gasteiger partial charge in [-0.15, -0.1) is 10.2 Å². The molecule has 0 spiro atoms. The molecule has 0 aliphatic heterocycles. The molecular formula is C18H13N3O4S. The van der Waals surface area contributed by atoms with Crippen molar-refractivity contribution in [1.82, 2.24) is 10.2 Å². The van der Waals surface area contributed by atoms with Crippen LogP contribution in [0, 0.1) is 0 Å². The molecule has 4 rings (SSSR count). The van der Waals surface area contributed by atoms with Crippen LogP contribution < -0.4 is 15.7 Å². The molecule has 2 heterocycles. The van der Waals surface area contributed by atoms with Crippen molar-refractivity contribution in [3.05, 3.63) is 59.0 Å². The Morgan fingerprint density at radius 3 is 2.85 bits per heavy atom. The number of hydrogen-bond donors (Lipinski definition) is 2. The standard InChI is InChI=1S/C18H13N3O4S/c1-24-14-5-3-2-4-13(14)19-18-21-20-16(26-18)12-8-10-6-7-11(22)9-15(10)25-17(12)23/h2-9,22H,1H3,(H,19,21). The van der Waals surface area contributed by atoms with Crippen LogP contribution in [0.2, 0.25) is 0 Å². The molecule has 8 heteroatoms. The topological polar surface area (TPSA) is 97.5 Å². The van der Waals surface area contributed by atoms with Gasteiger partial charge in [-0.25, -0.2) is 4.79 Å². The van der Waals surface area contributed by atoms with Gasteiger partial charge in [-0.05, 0) is 30.3 Å². The largest absolute Gasteiger partial charge is 0.508 e. The van der Waals surface area contributed by atoms with E-state index in [1.165, 1.54) is 23.5 Å². The van der Waals surface area contributed by atoms with Crippen molar-refractivity contribution in [1.29, 1.82) is 0 Å². The molecule has 0 aliphatic rings. The zero-order valence-electron chi connectivity index (χ0n) is 13.6. The van der Waals surface area contributed by atoms with E-state index in [0.29, 0.717) is 32.4 Å². The molecule has 0 fully saturated rings. The third kappa shape index (κ3) is 2.98. The van der Waals surface area contributed by atoms with Gasteiger partial charge in [0, 0.05) is 11.5 Å². The molecule has 2 aromatic heterocycles. The first kappa shape index (κ1) is 16.1. The van der Waals surface area contributed by atoms with E-state index in [1.54, 1.807) is 19.2 Å². The van der Waals surface area contributed by atoms with Crippen molar-refractivity contribution in [2.45, 2.75) is 0 Å². The number of methoxy groups -OCH3 is 1. The lowest BCUT2D eigenvalue weighted by Crippen LogP contribution is -2.02. The second-order valence-corrected chi connectivity index (χ2v) is 6.38. The maximum absolute atomic E-state index is 12.3. The highest BCUT2D eigenvalue weighted by molar-refractivity contribution is 7.18. The molecule has 0 aliphatic carbocycles. The van der Waals surface area contributed by atoms with Gasteiger partial charge in [-0.1, -0.05) is 23.5 Å². The summed E-state index contributed by atoms with van der Waals surface area (Å²) in [5, 5.41) is 22.4. The molecule has 0 atom stereocenters. The highest BCUT2D eigenvalue weighted by Gasteiger charge is 2.14. The number of hydrogen-bond acceptors (Lipinski definition) is 8. The number of para-hydroxylation sites is 2. The van der Waals surface area contributed by atoms with Crippen LogP contribution >= 0.6 is 11.3 Å². The average molecular weight is 367 g/mol. The number of anilines is 2. The van der Waals surface area contributed by atoms with Crippen LogP contribution in [0.5, 0.6) is 11.5 Å². The number of ether oxygens (including phenoxy) is 1. The van der Waals surface area contributed by atoms with Crippen LogP contribution in [0.4, 0.5) is 10.8 Å². The van der Waals surface area contributed by atoms with Crippen molar-refractivity contribution >= 4 is 33.1 Å². The Bertz CT molecular complexity index is 1150. The van der Waals surface area contributed by atoms with Crippen molar-refractivity contribution in [3.63, 3.8) is 0 Å². The lowest BCUT2D eigenvalue weighted by atomic mass is 10.2. The third-order valence-corrected chi connectivity index (χ3v) is 4.60. The van der Waals surface area contributed by atoms with Gasteiger partial charge in [0.1, 0.15) is 17.1 Å². The number of fused-ring (bicyclic) bond motifs is 1. The smallest absolute Gasteiger partial charge is 0.346 e. The molecule has 0 amide bonds. The van der Waals surface area contributed by atoms with Crippen molar-refractivity contribution in [2.75, 3.05) is 12.4 Å². The molecule has 0 unspecified atom stereocenters. The van der Waals surface area contributed by atoms with E-state index in [0.717, 1.165) is 5.69 Å². The molecule has 0 radical (unpaired) electrons. The first-order valence-electron chi connectivity index (χ1n) is 7.65. The Morgan fingerprint density at radius 1 is 1.15 bits per heavy atom. The number of nitrogens with one attached hydrogen (secondary N) is 1. The summed E-state index contributed by atoms with van der Waals surface area (Å²) in [6.07, 6.45) is 0. The molecular weight excluding hydrogens is 354 g/mol. The molecule has 2 aromatic carbocycles. The van der Waals surface area contributed by atoms with Gasteiger partial charge in [0.2, 0.25) is 5.13 Å². The maximum Gasteiger partial charge on any atom is 0.346 e. The Balaban J connectivity index is 1.70. The fraction of sp³-hybridized carbons (Fsp3) is 0.0556. The summed E-state index contributed by atoms with van der Waals surface area (Å²) in [6.45, 7) is 0. The summed E-state index contributed by atoms with van der Waals surface area (Å²) >= 11 is 1.23. The van der Waals surface area contributed by atoms with Crippen LogP contribution in [0.1, 0.15) is 0 Å². The molecule has 0 saturated carbocycles. The Kier molecular flexibility index (Phi) is 4.02. The minimum atomic E-state index is -0.539. The monoisotopic (exact) mass is 367 g/mol. The number of aromatic nitrogens is 2. The zero-order valence-corrected chi connectivity index (χ0v) is 14.4.